The minimum Gasteiger partial charge on any atom is -0.480 e. The number of benzene rings is 6. The first-order valence-electron chi connectivity index (χ1n) is 15.7. The average molecular weight is 683 g/mol. The molecule has 0 bridgehead atoms. The van der Waals surface area contributed by atoms with E-state index in [9.17, 15) is 19.5 Å². The number of para-hydroxylation sites is 4. The maximum atomic E-state index is 13.6. The molecular formula is C41H31ClN2O6. The zero-order valence-corrected chi connectivity index (χ0v) is 27.3. The number of anilines is 1. The van der Waals surface area contributed by atoms with Gasteiger partial charge in [-0.15, -0.1) is 0 Å². The highest BCUT2D eigenvalue weighted by molar-refractivity contribution is 6.31. The predicted octanol–water partition coefficient (Wildman–Crippen LogP) is 9.27. The van der Waals surface area contributed by atoms with Crippen LogP contribution in [-0.4, -0.2) is 28.9 Å². The van der Waals surface area contributed by atoms with Crippen molar-refractivity contribution in [2.75, 3.05) is 5.32 Å². The van der Waals surface area contributed by atoms with Gasteiger partial charge in [-0.05, 0) is 71.8 Å². The molecule has 0 saturated carbocycles. The maximum absolute atomic E-state index is 13.6. The van der Waals surface area contributed by atoms with Gasteiger partial charge in [-0.1, -0.05) is 103 Å². The van der Waals surface area contributed by atoms with Crippen molar-refractivity contribution in [1.82, 2.24) is 5.32 Å². The molecule has 0 spiro atoms. The smallest absolute Gasteiger partial charge is 0.326 e. The van der Waals surface area contributed by atoms with Crippen molar-refractivity contribution in [3.8, 4) is 34.1 Å². The number of nitrogens with one attached hydrogen (secondary N) is 2. The molecule has 0 saturated heterocycles. The molecule has 6 rings (SSSR count). The molecule has 1 unspecified atom stereocenters. The van der Waals surface area contributed by atoms with Crippen molar-refractivity contribution in [1.29, 1.82) is 0 Å². The largest absolute Gasteiger partial charge is 0.480 e. The first-order valence-corrected chi connectivity index (χ1v) is 16.1. The van der Waals surface area contributed by atoms with E-state index in [2.05, 4.69) is 10.6 Å². The molecule has 50 heavy (non-hydrogen) atoms. The van der Waals surface area contributed by atoms with Crippen LogP contribution in [0.3, 0.4) is 0 Å². The van der Waals surface area contributed by atoms with E-state index in [4.69, 9.17) is 21.1 Å². The van der Waals surface area contributed by atoms with E-state index in [1.165, 1.54) is 18.2 Å². The third-order valence-electron chi connectivity index (χ3n) is 7.74. The molecule has 0 aliphatic carbocycles. The standard InChI is InChI=1S/C41H31ClN2O6/c42-29-23-24-35(43-39(45)33-16-8-10-18-38(33)50-31-13-5-2-6-14-31)34(26-29)40(46)44-36(41(47)48)25-27-19-21-28(22-20-27)32-15-7-9-17-37(32)49-30-11-3-1-4-12-30/h1-24,26,36H,25H2,(H,43,45)(H,44,46)(H,47,48). The summed E-state index contributed by atoms with van der Waals surface area (Å²) in [5, 5.41) is 15.7. The molecule has 6 aromatic carbocycles. The Labute approximate surface area is 293 Å². The third kappa shape index (κ3) is 8.36. The molecule has 0 radical (unpaired) electrons. The van der Waals surface area contributed by atoms with Gasteiger partial charge in [0.05, 0.1) is 16.8 Å². The molecular weight excluding hydrogens is 652 g/mol. The van der Waals surface area contributed by atoms with E-state index >= 15 is 0 Å². The highest BCUT2D eigenvalue weighted by atomic mass is 35.5. The molecule has 0 aliphatic rings. The monoisotopic (exact) mass is 682 g/mol. The number of carbonyl (C=O) groups is 3. The molecule has 8 nitrogen and oxygen atoms in total. The van der Waals surface area contributed by atoms with Gasteiger partial charge in [-0.3, -0.25) is 9.59 Å². The van der Waals surface area contributed by atoms with E-state index < -0.39 is 23.8 Å². The van der Waals surface area contributed by atoms with Gasteiger partial charge in [-0.2, -0.15) is 0 Å². The molecule has 1 atom stereocenters. The quantitative estimate of drug-likeness (QED) is 0.119. The number of amides is 2. The Morgan fingerprint density at radius 1 is 0.620 bits per heavy atom. The topological polar surface area (TPSA) is 114 Å². The Morgan fingerprint density at radius 3 is 1.86 bits per heavy atom. The zero-order chi connectivity index (χ0) is 34.9. The molecule has 2 amide bonds. The number of rotatable bonds is 12. The van der Waals surface area contributed by atoms with Crippen molar-refractivity contribution >= 4 is 35.1 Å². The lowest BCUT2D eigenvalue weighted by atomic mass is 9.99. The molecule has 3 N–H and O–H groups in total. The summed E-state index contributed by atoms with van der Waals surface area (Å²) in [4.78, 5) is 39.3. The van der Waals surface area contributed by atoms with Gasteiger partial charge in [0.2, 0.25) is 0 Å². The second-order valence-corrected chi connectivity index (χ2v) is 11.7. The fourth-order valence-corrected chi connectivity index (χ4v) is 5.44. The van der Waals surface area contributed by atoms with E-state index in [0.717, 1.165) is 11.1 Å². The SMILES string of the molecule is O=C(NC(Cc1ccc(-c2ccccc2Oc2ccccc2)cc1)C(=O)O)c1cc(Cl)ccc1NC(=O)c1ccccc1Oc1ccccc1. The molecule has 0 aromatic heterocycles. The fraction of sp³-hybridized carbons (Fsp3) is 0.0488. The van der Waals surface area contributed by atoms with Crippen molar-refractivity contribution in [2.45, 2.75) is 12.5 Å². The van der Waals surface area contributed by atoms with Gasteiger partial charge < -0.3 is 25.2 Å². The Kier molecular flexibility index (Phi) is 10.5. The van der Waals surface area contributed by atoms with Gasteiger partial charge in [0.15, 0.2) is 0 Å². The third-order valence-corrected chi connectivity index (χ3v) is 7.98. The van der Waals surface area contributed by atoms with Gasteiger partial charge in [0.25, 0.3) is 11.8 Å². The average Bonchev–Trinajstić information content (AvgIpc) is 3.13. The van der Waals surface area contributed by atoms with E-state index in [0.29, 0.717) is 28.6 Å². The summed E-state index contributed by atoms with van der Waals surface area (Å²) < 4.78 is 12.0. The highest BCUT2D eigenvalue weighted by Crippen LogP contribution is 2.33. The Hall–Kier alpha value is -6.38. The van der Waals surface area contributed by atoms with Crippen LogP contribution >= 0.6 is 11.6 Å². The molecule has 6 aromatic rings. The minimum absolute atomic E-state index is 0.00364. The van der Waals surface area contributed by atoms with Gasteiger partial charge in [0.1, 0.15) is 29.0 Å². The van der Waals surface area contributed by atoms with E-state index in [-0.39, 0.29) is 28.3 Å². The molecule has 0 fully saturated rings. The Morgan fingerprint density at radius 2 is 1.20 bits per heavy atom. The lowest BCUT2D eigenvalue weighted by molar-refractivity contribution is -0.139. The fourth-order valence-electron chi connectivity index (χ4n) is 5.26. The molecule has 9 heteroatoms. The summed E-state index contributed by atoms with van der Waals surface area (Å²) in [6.45, 7) is 0. The summed E-state index contributed by atoms with van der Waals surface area (Å²) in [7, 11) is 0. The zero-order valence-electron chi connectivity index (χ0n) is 26.6. The predicted molar refractivity (Wildman–Crippen MR) is 193 cm³/mol. The number of ether oxygens (including phenoxy) is 2. The Bertz CT molecular complexity index is 2120. The number of hydrogen-bond donors (Lipinski definition) is 3. The lowest BCUT2D eigenvalue weighted by Gasteiger charge is -2.18. The second kappa shape index (κ2) is 15.7. The van der Waals surface area contributed by atoms with Crippen molar-refractivity contribution in [3.05, 3.63) is 173 Å². The van der Waals surface area contributed by atoms with Crippen LogP contribution in [0.4, 0.5) is 5.69 Å². The Balaban J connectivity index is 1.16. The minimum atomic E-state index is -1.27. The van der Waals surface area contributed by atoms with Crippen LogP contribution in [0.2, 0.25) is 5.02 Å². The number of aliphatic carboxylic acids is 1. The van der Waals surface area contributed by atoms with Crippen LogP contribution in [0, 0.1) is 0 Å². The summed E-state index contributed by atoms with van der Waals surface area (Å²) >= 11 is 6.24. The van der Waals surface area contributed by atoms with Crippen molar-refractivity contribution in [2.24, 2.45) is 0 Å². The van der Waals surface area contributed by atoms with Gasteiger partial charge >= 0.3 is 5.97 Å². The van der Waals surface area contributed by atoms with E-state index in [1.54, 1.807) is 36.4 Å². The van der Waals surface area contributed by atoms with Crippen molar-refractivity contribution in [3.63, 3.8) is 0 Å². The van der Waals surface area contributed by atoms with Gasteiger partial charge in [0, 0.05) is 17.0 Å². The van der Waals surface area contributed by atoms with Crippen LogP contribution in [-0.2, 0) is 11.2 Å². The lowest BCUT2D eigenvalue weighted by Crippen LogP contribution is -2.42. The van der Waals surface area contributed by atoms with Crippen LogP contribution < -0.4 is 20.1 Å². The summed E-state index contributed by atoms with van der Waals surface area (Å²) in [5.74, 6) is -0.203. The molecule has 248 valence electrons. The summed E-state index contributed by atoms with van der Waals surface area (Å²) in [6.07, 6.45) is 0.00989. The number of carbonyl (C=O) groups excluding carboxylic acids is 2. The first-order chi connectivity index (χ1) is 24.3. The van der Waals surface area contributed by atoms with E-state index in [1.807, 2.05) is 97.1 Å². The maximum Gasteiger partial charge on any atom is 0.326 e. The number of carboxylic acid groups (broad SMARTS) is 1. The van der Waals surface area contributed by atoms with Crippen LogP contribution in [0.1, 0.15) is 26.3 Å². The van der Waals surface area contributed by atoms with Crippen LogP contribution in [0.5, 0.6) is 23.0 Å². The van der Waals surface area contributed by atoms with Gasteiger partial charge in [-0.25, -0.2) is 4.79 Å². The van der Waals surface area contributed by atoms with Crippen LogP contribution in [0.15, 0.2) is 152 Å². The number of hydrogen-bond acceptors (Lipinski definition) is 5. The molecule has 0 heterocycles. The van der Waals surface area contributed by atoms with Crippen molar-refractivity contribution < 1.29 is 29.0 Å². The normalized spacial score (nSPS) is 11.2. The molecule has 0 aliphatic heterocycles. The number of halogens is 1. The first kappa shape index (κ1) is 33.5. The highest BCUT2D eigenvalue weighted by Gasteiger charge is 2.24. The van der Waals surface area contributed by atoms with Crippen LogP contribution in [0.25, 0.3) is 11.1 Å². The number of carboxylic acids is 1. The summed E-state index contributed by atoms with van der Waals surface area (Å²) in [5.41, 5.74) is 2.83. The summed E-state index contributed by atoms with van der Waals surface area (Å²) in [6, 6.07) is 43.4. The second-order valence-electron chi connectivity index (χ2n) is 11.2.